The first kappa shape index (κ1) is 20.8. The monoisotopic (exact) mass is 390 g/mol. The Morgan fingerprint density at radius 1 is 1.14 bits per heavy atom. The number of methoxy groups -OCH3 is 1. The summed E-state index contributed by atoms with van der Waals surface area (Å²) in [6.07, 6.45) is 11.3. The van der Waals surface area contributed by atoms with Crippen LogP contribution < -0.4 is 10.1 Å². The summed E-state index contributed by atoms with van der Waals surface area (Å²) >= 11 is 0. The Bertz CT molecular complexity index is 955. The van der Waals surface area contributed by atoms with Gasteiger partial charge in [0.1, 0.15) is 5.75 Å². The molecule has 0 bridgehead atoms. The SMILES string of the molecule is CC.COc1cccc(-c2nc(NCCC3C=CCCC3)nc3ncccc23)c1. The normalized spacial score (nSPS) is 15.5. The summed E-state index contributed by atoms with van der Waals surface area (Å²) in [7, 11) is 1.67. The maximum Gasteiger partial charge on any atom is 0.225 e. The molecular weight excluding hydrogens is 360 g/mol. The van der Waals surface area contributed by atoms with Crippen molar-refractivity contribution in [1.82, 2.24) is 15.0 Å². The van der Waals surface area contributed by atoms with Gasteiger partial charge in [-0.3, -0.25) is 0 Å². The number of pyridine rings is 1. The smallest absolute Gasteiger partial charge is 0.225 e. The molecule has 0 spiro atoms. The number of rotatable bonds is 6. The van der Waals surface area contributed by atoms with Crippen LogP contribution in [0.2, 0.25) is 0 Å². The second kappa shape index (κ2) is 10.6. The molecule has 3 aromatic rings. The third-order valence-electron chi connectivity index (χ3n) is 4.97. The minimum Gasteiger partial charge on any atom is -0.497 e. The van der Waals surface area contributed by atoms with Gasteiger partial charge in [-0.2, -0.15) is 4.98 Å². The van der Waals surface area contributed by atoms with Gasteiger partial charge in [0, 0.05) is 23.7 Å². The Morgan fingerprint density at radius 2 is 2.03 bits per heavy atom. The van der Waals surface area contributed by atoms with Gasteiger partial charge in [0.15, 0.2) is 5.65 Å². The van der Waals surface area contributed by atoms with Crippen LogP contribution in [-0.4, -0.2) is 28.6 Å². The highest BCUT2D eigenvalue weighted by Gasteiger charge is 2.12. The fourth-order valence-corrected chi connectivity index (χ4v) is 3.52. The van der Waals surface area contributed by atoms with E-state index in [9.17, 15) is 0 Å². The molecule has 0 saturated carbocycles. The van der Waals surface area contributed by atoms with Gasteiger partial charge >= 0.3 is 0 Å². The fourth-order valence-electron chi connectivity index (χ4n) is 3.52. The Kier molecular flexibility index (Phi) is 7.56. The number of aromatic nitrogens is 3. The predicted molar refractivity (Wildman–Crippen MR) is 120 cm³/mol. The number of ether oxygens (including phenoxy) is 1. The summed E-state index contributed by atoms with van der Waals surface area (Å²) in [4.78, 5) is 13.8. The zero-order valence-corrected chi connectivity index (χ0v) is 17.6. The van der Waals surface area contributed by atoms with Gasteiger partial charge in [0.2, 0.25) is 5.95 Å². The zero-order chi connectivity index (χ0) is 20.5. The molecule has 5 nitrogen and oxygen atoms in total. The van der Waals surface area contributed by atoms with Gasteiger partial charge in [-0.1, -0.05) is 38.1 Å². The van der Waals surface area contributed by atoms with E-state index in [1.54, 1.807) is 13.3 Å². The Balaban J connectivity index is 0.00000117. The lowest BCUT2D eigenvalue weighted by Crippen LogP contribution is -2.11. The summed E-state index contributed by atoms with van der Waals surface area (Å²) in [6, 6.07) is 11.9. The molecule has 29 heavy (non-hydrogen) atoms. The van der Waals surface area contributed by atoms with E-state index < -0.39 is 0 Å². The lowest BCUT2D eigenvalue weighted by Gasteiger charge is -2.16. The summed E-state index contributed by atoms with van der Waals surface area (Å²) in [6.45, 7) is 4.85. The molecule has 1 aromatic carbocycles. The second-order valence-electron chi connectivity index (χ2n) is 6.84. The van der Waals surface area contributed by atoms with Crippen molar-refractivity contribution in [2.75, 3.05) is 19.0 Å². The van der Waals surface area contributed by atoms with E-state index in [1.165, 1.54) is 19.3 Å². The van der Waals surface area contributed by atoms with Crippen molar-refractivity contribution in [3.8, 4) is 17.0 Å². The molecule has 0 aliphatic heterocycles. The van der Waals surface area contributed by atoms with Crippen molar-refractivity contribution in [2.45, 2.75) is 39.5 Å². The van der Waals surface area contributed by atoms with Crippen molar-refractivity contribution in [1.29, 1.82) is 0 Å². The van der Waals surface area contributed by atoms with Crippen molar-refractivity contribution in [3.05, 3.63) is 54.7 Å². The lowest BCUT2D eigenvalue weighted by atomic mass is 9.93. The van der Waals surface area contributed by atoms with Gasteiger partial charge in [-0.25, -0.2) is 9.97 Å². The van der Waals surface area contributed by atoms with E-state index >= 15 is 0 Å². The predicted octanol–water partition coefficient (Wildman–Crippen LogP) is 5.88. The van der Waals surface area contributed by atoms with E-state index in [-0.39, 0.29) is 0 Å². The Labute approximate surface area is 173 Å². The minimum atomic E-state index is 0.624. The number of allylic oxidation sites excluding steroid dienone is 2. The van der Waals surface area contributed by atoms with Crippen LogP contribution in [0.4, 0.5) is 5.95 Å². The topological polar surface area (TPSA) is 59.9 Å². The van der Waals surface area contributed by atoms with Gasteiger partial charge < -0.3 is 10.1 Å². The van der Waals surface area contributed by atoms with Gasteiger partial charge in [0.05, 0.1) is 12.8 Å². The first-order valence-electron chi connectivity index (χ1n) is 10.5. The van der Waals surface area contributed by atoms with Crippen LogP contribution in [0.15, 0.2) is 54.7 Å². The van der Waals surface area contributed by atoms with E-state index in [1.807, 2.05) is 50.2 Å². The highest BCUT2D eigenvalue weighted by atomic mass is 16.5. The van der Waals surface area contributed by atoms with Crippen molar-refractivity contribution < 1.29 is 4.74 Å². The second-order valence-corrected chi connectivity index (χ2v) is 6.84. The first-order valence-corrected chi connectivity index (χ1v) is 10.5. The first-order chi connectivity index (χ1) is 14.3. The number of benzene rings is 1. The molecule has 1 unspecified atom stereocenters. The van der Waals surface area contributed by atoms with Gasteiger partial charge in [-0.05, 0) is 55.9 Å². The number of anilines is 1. The highest BCUT2D eigenvalue weighted by molar-refractivity contribution is 5.91. The molecule has 1 N–H and O–H groups in total. The number of nitrogens with zero attached hydrogens (tertiary/aromatic N) is 3. The molecule has 0 saturated heterocycles. The van der Waals surface area contributed by atoms with E-state index in [2.05, 4.69) is 27.4 Å². The maximum absolute atomic E-state index is 5.37. The fraction of sp³-hybridized carbons (Fsp3) is 0.375. The number of fused-ring (bicyclic) bond motifs is 1. The largest absolute Gasteiger partial charge is 0.497 e. The quantitative estimate of drug-likeness (QED) is 0.532. The minimum absolute atomic E-state index is 0.624. The van der Waals surface area contributed by atoms with Crippen LogP contribution in [-0.2, 0) is 0 Å². The van der Waals surface area contributed by atoms with Crippen LogP contribution in [0, 0.1) is 5.92 Å². The summed E-state index contributed by atoms with van der Waals surface area (Å²) < 4.78 is 5.37. The van der Waals surface area contributed by atoms with E-state index in [0.717, 1.165) is 35.4 Å². The van der Waals surface area contributed by atoms with Gasteiger partial charge in [-0.15, -0.1) is 0 Å². The number of nitrogens with one attached hydrogen (secondary N) is 1. The molecular formula is C24H30N4O. The highest BCUT2D eigenvalue weighted by Crippen LogP contribution is 2.29. The maximum atomic E-state index is 5.37. The van der Waals surface area contributed by atoms with E-state index in [0.29, 0.717) is 17.5 Å². The van der Waals surface area contributed by atoms with Crippen molar-refractivity contribution in [3.63, 3.8) is 0 Å². The number of hydrogen-bond donors (Lipinski definition) is 1. The van der Waals surface area contributed by atoms with Gasteiger partial charge in [0.25, 0.3) is 0 Å². The molecule has 4 rings (SSSR count). The molecule has 0 radical (unpaired) electrons. The van der Waals surface area contributed by atoms with Crippen molar-refractivity contribution in [2.24, 2.45) is 5.92 Å². The summed E-state index contributed by atoms with van der Waals surface area (Å²) in [5, 5.41) is 4.33. The van der Waals surface area contributed by atoms with Crippen LogP contribution in [0.5, 0.6) is 5.75 Å². The van der Waals surface area contributed by atoms with Crippen LogP contribution >= 0.6 is 0 Å². The third-order valence-corrected chi connectivity index (χ3v) is 4.97. The van der Waals surface area contributed by atoms with E-state index in [4.69, 9.17) is 9.72 Å². The van der Waals surface area contributed by atoms with Crippen molar-refractivity contribution >= 4 is 17.0 Å². The Hall–Kier alpha value is -2.95. The zero-order valence-electron chi connectivity index (χ0n) is 17.6. The molecule has 2 aromatic heterocycles. The Morgan fingerprint density at radius 3 is 2.83 bits per heavy atom. The third kappa shape index (κ3) is 5.31. The summed E-state index contributed by atoms with van der Waals surface area (Å²) in [5.74, 6) is 2.09. The summed E-state index contributed by atoms with van der Waals surface area (Å²) in [5.41, 5.74) is 2.56. The van der Waals surface area contributed by atoms with Crippen LogP contribution in [0.1, 0.15) is 39.5 Å². The molecule has 1 aliphatic carbocycles. The van der Waals surface area contributed by atoms with Crippen LogP contribution in [0.25, 0.3) is 22.3 Å². The standard InChI is InChI=1S/C22H24N4O.C2H6/c1-27-18-10-5-9-17(15-18)20-19-11-6-13-23-21(19)26-22(25-20)24-14-12-16-7-3-2-4-8-16;1-2/h3,5-7,9-11,13,15-16H,2,4,8,12,14H2,1H3,(H,23,24,25,26);1-2H3. The molecule has 152 valence electrons. The lowest BCUT2D eigenvalue weighted by molar-refractivity contribution is 0.415. The molecule has 0 amide bonds. The average molecular weight is 391 g/mol. The number of hydrogen-bond acceptors (Lipinski definition) is 5. The molecule has 0 fully saturated rings. The molecule has 5 heteroatoms. The molecule has 1 atom stereocenters. The molecule has 2 heterocycles. The average Bonchev–Trinajstić information content (AvgIpc) is 2.80. The molecule has 1 aliphatic rings. The van der Waals surface area contributed by atoms with Crippen LogP contribution in [0.3, 0.4) is 0 Å².